The molecule has 1 N–H and O–H groups in total. The van der Waals surface area contributed by atoms with Gasteiger partial charge in [-0.25, -0.2) is 0 Å². The molecule has 0 saturated heterocycles. The lowest BCUT2D eigenvalue weighted by Gasteiger charge is -2.21. The minimum atomic E-state index is -0.250. The molecule has 1 atom stereocenters. The molecular weight excluding hydrogens is 308 g/mol. The largest absolute Gasteiger partial charge is 0.392 e. The van der Waals surface area contributed by atoms with Gasteiger partial charge < -0.3 is 10.0 Å². The first-order chi connectivity index (χ1) is 12.2. The lowest BCUT2D eigenvalue weighted by atomic mass is 10.0. The molecule has 1 aliphatic heterocycles. The molecule has 148 valence electrons. The van der Waals surface area contributed by atoms with Crippen molar-refractivity contribution in [2.24, 2.45) is 4.99 Å². The monoisotopic (exact) mass is 352 g/mol. The van der Waals surface area contributed by atoms with Crippen LogP contribution in [0.2, 0.25) is 0 Å². The Morgan fingerprint density at radius 2 is 1.32 bits per heavy atom. The molecule has 3 heteroatoms. The molecule has 0 radical (unpaired) electrons. The molecule has 1 aliphatic rings. The van der Waals surface area contributed by atoms with E-state index in [1.165, 1.54) is 95.7 Å². The van der Waals surface area contributed by atoms with Gasteiger partial charge in [0.25, 0.3) is 0 Å². The standard InChI is InChI=1S/C22H44N2O/c1-3-4-5-6-7-8-9-10-11-12-13-14-15-16-17-22-23-18-19-24(22)20-21(2)25/h21,25H,3-20H2,1-2H3. The van der Waals surface area contributed by atoms with Gasteiger partial charge in [-0.15, -0.1) is 0 Å². The second-order valence-corrected chi connectivity index (χ2v) is 7.94. The van der Waals surface area contributed by atoms with E-state index in [9.17, 15) is 5.11 Å². The summed E-state index contributed by atoms with van der Waals surface area (Å²) in [6.07, 6.45) is 20.6. The summed E-state index contributed by atoms with van der Waals surface area (Å²) in [6.45, 7) is 6.81. The van der Waals surface area contributed by atoms with Crippen LogP contribution in [0.15, 0.2) is 4.99 Å². The van der Waals surface area contributed by atoms with Crippen LogP contribution in [0.1, 0.15) is 110 Å². The Balaban J connectivity index is 1.82. The van der Waals surface area contributed by atoms with Gasteiger partial charge in [-0.05, 0) is 13.3 Å². The first kappa shape index (κ1) is 22.5. The first-order valence-corrected chi connectivity index (χ1v) is 11.2. The van der Waals surface area contributed by atoms with Crippen molar-refractivity contribution in [2.75, 3.05) is 19.6 Å². The molecule has 1 rings (SSSR count). The van der Waals surface area contributed by atoms with Crippen molar-refractivity contribution >= 4 is 5.84 Å². The van der Waals surface area contributed by atoms with Crippen LogP contribution < -0.4 is 0 Å². The second kappa shape index (κ2) is 15.7. The van der Waals surface area contributed by atoms with Gasteiger partial charge in [-0.3, -0.25) is 4.99 Å². The highest BCUT2D eigenvalue weighted by atomic mass is 16.3. The number of unbranched alkanes of at least 4 members (excludes halogenated alkanes) is 13. The zero-order valence-electron chi connectivity index (χ0n) is 17.1. The molecule has 1 heterocycles. The highest BCUT2D eigenvalue weighted by Gasteiger charge is 2.17. The van der Waals surface area contributed by atoms with E-state index in [-0.39, 0.29) is 6.10 Å². The molecule has 0 aromatic heterocycles. The number of aliphatic imine (C=N–C) groups is 1. The van der Waals surface area contributed by atoms with Crippen LogP contribution in [0, 0.1) is 0 Å². The lowest BCUT2D eigenvalue weighted by Crippen LogP contribution is -2.34. The number of hydrogen-bond donors (Lipinski definition) is 1. The maximum Gasteiger partial charge on any atom is 0.0991 e. The Kier molecular flexibility index (Phi) is 14.1. The first-order valence-electron chi connectivity index (χ1n) is 11.2. The number of aliphatic hydroxyl groups excluding tert-OH is 1. The van der Waals surface area contributed by atoms with Gasteiger partial charge in [0.05, 0.1) is 18.5 Å². The average molecular weight is 353 g/mol. The van der Waals surface area contributed by atoms with Gasteiger partial charge in [-0.2, -0.15) is 0 Å². The van der Waals surface area contributed by atoms with Crippen molar-refractivity contribution in [2.45, 2.75) is 116 Å². The minimum absolute atomic E-state index is 0.250. The predicted molar refractivity (Wildman–Crippen MR) is 110 cm³/mol. The van der Waals surface area contributed by atoms with E-state index in [1.807, 2.05) is 6.92 Å². The highest BCUT2D eigenvalue weighted by molar-refractivity contribution is 5.83. The van der Waals surface area contributed by atoms with E-state index < -0.39 is 0 Å². The molecule has 0 bridgehead atoms. The fourth-order valence-electron chi connectivity index (χ4n) is 3.76. The molecule has 0 spiro atoms. The summed E-state index contributed by atoms with van der Waals surface area (Å²) in [7, 11) is 0. The minimum Gasteiger partial charge on any atom is -0.392 e. The third-order valence-electron chi connectivity index (χ3n) is 5.27. The maximum absolute atomic E-state index is 9.53. The number of nitrogens with zero attached hydrogens (tertiary/aromatic N) is 2. The lowest BCUT2D eigenvalue weighted by molar-refractivity contribution is 0.162. The van der Waals surface area contributed by atoms with Crippen molar-refractivity contribution < 1.29 is 5.11 Å². The Morgan fingerprint density at radius 3 is 1.80 bits per heavy atom. The predicted octanol–water partition coefficient (Wildman–Crippen LogP) is 5.95. The molecule has 0 aromatic rings. The van der Waals surface area contributed by atoms with Gasteiger partial charge in [-0.1, -0.05) is 90.4 Å². The second-order valence-electron chi connectivity index (χ2n) is 7.94. The molecule has 0 saturated carbocycles. The van der Waals surface area contributed by atoms with E-state index in [4.69, 9.17) is 0 Å². The Hall–Kier alpha value is -0.570. The van der Waals surface area contributed by atoms with Crippen molar-refractivity contribution in [3.63, 3.8) is 0 Å². The molecule has 0 aliphatic carbocycles. The van der Waals surface area contributed by atoms with Crippen LogP contribution >= 0.6 is 0 Å². The summed E-state index contributed by atoms with van der Waals surface area (Å²) in [5.41, 5.74) is 0. The van der Waals surface area contributed by atoms with Gasteiger partial charge in [0, 0.05) is 19.5 Å². The Morgan fingerprint density at radius 1 is 0.840 bits per heavy atom. The summed E-state index contributed by atoms with van der Waals surface area (Å²) in [5, 5.41) is 9.53. The summed E-state index contributed by atoms with van der Waals surface area (Å²) >= 11 is 0. The van der Waals surface area contributed by atoms with Gasteiger partial charge in [0.1, 0.15) is 0 Å². The molecular formula is C22H44N2O. The van der Waals surface area contributed by atoms with E-state index in [2.05, 4.69) is 16.8 Å². The average Bonchev–Trinajstić information content (AvgIpc) is 3.01. The van der Waals surface area contributed by atoms with Crippen LogP contribution in [0.4, 0.5) is 0 Å². The quantitative estimate of drug-likeness (QED) is 0.328. The summed E-state index contributed by atoms with van der Waals surface area (Å²) in [4.78, 5) is 6.87. The summed E-state index contributed by atoms with van der Waals surface area (Å²) < 4.78 is 0. The van der Waals surface area contributed by atoms with Crippen LogP contribution in [-0.2, 0) is 0 Å². The van der Waals surface area contributed by atoms with Crippen molar-refractivity contribution in [1.82, 2.24) is 4.90 Å². The van der Waals surface area contributed by atoms with E-state index in [1.54, 1.807) is 0 Å². The molecule has 0 fully saturated rings. The molecule has 1 unspecified atom stereocenters. The number of hydrogen-bond acceptors (Lipinski definition) is 3. The van der Waals surface area contributed by atoms with Crippen LogP contribution in [0.3, 0.4) is 0 Å². The number of amidine groups is 1. The number of aliphatic hydroxyl groups is 1. The van der Waals surface area contributed by atoms with E-state index in [0.29, 0.717) is 0 Å². The van der Waals surface area contributed by atoms with Gasteiger partial charge >= 0.3 is 0 Å². The van der Waals surface area contributed by atoms with Crippen LogP contribution in [0.25, 0.3) is 0 Å². The van der Waals surface area contributed by atoms with Crippen LogP contribution in [-0.4, -0.2) is 41.6 Å². The highest BCUT2D eigenvalue weighted by Crippen LogP contribution is 2.15. The summed E-state index contributed by atoms with van der Waals surface area (Å²) in [6, 6.07) is 0. The van der Waals surface area contributed by atoms with Gasteiger partial charge in [0.2, 0.25) is 0 Å². The maximum atomic E-state index is 9.53. The van der Waals surface area contributed by atoms with Crippen molar-refractivity contribution in [3.05, 3.63) is 0 Å². The smallest absolute Gasteiger partial charge is 0.0991 e. The fraction of sp³-hybridized carbons (Fsp3) is 0.955. The molecule has 3 nitrogen and oxygen atoms in total. The number of rotatable bonds is 17. The molecule has 0 aromatic carbocycles. The zero-order valence-corrected chi connectivity index (χ0v) is 17.1. The van der Waals surface area contributed by atoms with E-state index in [0.717, 1.165) is 26.1 Å². The Bertz CT molecular complexity index is 328. The fourth-order valence-corrected chi connectivity index (χ4v) is 3.76. The van der Waals surface area contributed by atoms with Crippen molar-refractivity contribution in [1.29, 1.82) is 0 Å². The summed E-state index contributed by atoms with van der Waals surface area (Å²) in [5.74, 6) is 1.24. The normalized spacial score (nSPS) is 15.6. The SMILES string of the molecule is CCCCCCCCCCCCCCCCC1=NCCN1CC(C)O. The van der Waals surface area contributed by atoms with Crippen molar-refractivity contribution in [3.8, 4) is 0 Å². The third-order valence-corrected chi connectivity index (χ3v) is 5.27. The Labute approximate surface area is 157 Å². The van der Waals surface area contributed by atoms with E-state index >= 15 is 0 Å². The van der Waals surface area contributed by atoms with Gasteiger partial charge in [0.15, 0.2) is 0 Å². The topological polar surface area (TPSA) is 35.8 Å². The third kappa shape index (κ3) is 12.4. The molecule has 0 amide bonds. The van der Waals surface area contributed by atoms with Crippen LogP contribution in [0.5, 0.6) is 0 Å². The molecule has 25 heavy (non-hydrogen) atoms. The zero-order chi connectivity index (χ0) is 18.2. The number of β-amino-alcohol motifs (C(OH)–C–C–N with tert-alkyl or cyclic N) is 1.